The standard InChI is InChI=1S/C18H18O3/c1-11(2)10-14-13(8-9-15-18(14)21-15)17(20)16(19)12-6-4-3-5-7-12/h3-9,11,16,19H,10H2,1-2H3. The fraction of sp³-hybridized carbons (Fsp3) is 0.278. The molecule has 1 heterocycles. The minimum atomic E-state index is -1.13. The lowest BCUT2D eigenvalue weighted by molar-refractivity contribution is 0.0746. The van der Waals surface area contributed by atoms with E-state index < -0.39 is 6.10 Å². The second-order valence-electron chi connectivity index (χ2n) is 5.80. The van der Waals surface area contributed by atoms with E-state index in [0.717, 1.165) is 23.5 Å². The van der Waals surface area contributed by atoms with Crippen LogP contribution < -0.4 is 4.74 Å². The van der Waals surface area contributed by atoms with Crippen LogP contribution in [0.15, 0.2) is 42.5 Å². The first kappa shape index (κ1) is 13.8. The van der Waals surface area contributed by atoms with Crippen molar-refractivity contribution in [3.63, 3.8) is 0 Å². The molecule has 108 valence electrons. The molecule has 3 heteroatoms. The number of aliphatic hydroxyl groups excluding tert-OH is 1. The molecule has 2 aromatic carbocycles. The van der Waals surface area contributed by atoms with Crippen LogP contribution in [-0.2, 0) is 6.42 Å². The predicted octanol–water partition coefficient (Wildman–Crippen LogP) is 3.91. The molecule has 2 aromatic rings. The molecule has 0 fully saturated rings. The molecule has 1 unspecified atom stereocenters. The van der Waals surface area contributed by atoms with Gasteiger partial charge < -0.3 is 9.84 Å². The molecule has 1 N–H and O–H groups in total. The van der Waals surface area contributed by atoms with Crippen molar-refractivity contribution in [2.75, 3.05) is 0 Å². The molecule has 0 aliphatic carbocycles. The van der Waals surface area contributed by atoms with Crippen LogP contribution >= 0.6 is 0 Å². The van der Waals surface area contributed by atoms with Crippen LogP contribution in [0, 0.1) is 5.92 Å². The van der Waals surface area contributed by atoms with Crippen molar-refractivity contribution in [2.24, 2.45) is 5.92 Å². The first-order valence-corrected chi connectivity index (χ1v) is 7.19. The summed E-state index contributed by atoms with van der Waals surface area (Å²) in [7, 11) is 0. The van der Waals surface area contributed by atoms with Crippen LogP contribution in [0.25, 0.3) is 0 Å². The van der Waals surface area contributed by atoms with Crippen LogP contribution in [0.3, 0.4) is 0 Å². The smallest absolute Gasteiger partial charge is 0.196 e. The Morgan fingerprint density at radius 1 is 1.14 bits per heavy atom. The number of carbonyl (C=O) groups is 1. The Morgan fingerprint density at radius 3 is 2.52 bits per heavy atom. The van der Waals surface area contributed by atoms with E-state index >= 15 is 0 Å². The van der Waals surface area contributed by atoms with E-state index in [4.69, 9.17) is 4.74 Å². The molecular formula is C18H18O3. The summed E-state index contributed by atoms with van der Waals surface area (Å²) >= 11 is 0. The number of fused-ring (bicyclic) bond motifs is 1. The SMILES string of the molecule is CC(C)Cc1c(C(=O)C(O)c2ccccc2)ccc2c1O2. The molecule has 3 rings (SSSR count). The van der Waals surface area contributed by atoms with Gasteiger partial charge in [-0.3, -0.25) is 4.79 Å². The van der Waals surface area contributed by atoms with Gasteiger partial charge in [-0.25, -0.2) is 0 Å². The molecule has 0 saturated heterocycles. The Hall–Kier alpha value is -2.13. The van der Waals surface area contributed by atoms with Crippen LogP contribution in [0.4, 0.5) is 0 Å². The zero-order chi connectivity index (χ0) is 15.0. The lowest BCUT2D eigenvalue weighted by atomic mass is 9.92. The third-order valence-electron chi connectivity index (χ3n) is 3.64. The van der Waals surface area contributed by atoms with Crippen LogP contribution in [0.1, 0.15) is 41.4 Å². The minimum Gasteiger partial charge on any atom is -0.449 e. The van der Waals surface area contributed by atoms with Crippen molar-refractivity contribution >= 4 is 5.78 Å². The Bertz CT molecular complexity index is 674. The molecule has 0 saturated carbocycles. The summed E-state index contributed by atoms with van der Waals surface area (Å²) in [6, 6.07) is 12.6. The number of carbonyl (C=O) groups excluding carboxylic acids is 1. The Balaban J connectivity index is 1.94. The van der Waals surface area contributed by atoms with E-state index in [1.165, 1.54) is 0 Å². The minimum absolute atomic E-state index is 0.268. The average molecular weight is 282 g/mol. The van der Waals surface area contributed by atoms with Gasteiger partial charge in [-0.1, -0.05) is 44.2 Å². The number of benzene rings is 2. The second kappa shape index (κ2) is 5.34. The molecule has 0 aromatic heterocycles. The topological polar surface area (TPSA) is 49.8 Å². The largest absolute Gasteiger partial charge is 0.449 e. The molecule has 3 nitrogen and oxygen atoms in total. The summed E-state index contributed by atoms with van der Waals surface area (Å²) in [5.41, 5.74) is 2.10. The van der Waals surface area contributed by atoms with Gasteiger partial charge in [0.15, 0.2) is 17.3 Å². The lowest BCUT2D eigenvalue weighted by Crippen LogP contribution is -2.14. The maximum Gasteiger partial charge on any atom is 0.196 e. The van der Waals surface area contributed by atoms with Gasteiger partial charge in [0.2, 0.25) is 0 Å². The number of aliphatic hydroxyl groups is 1. The normalized spacial score (nSPS) is 13.5. The van der Waals surface area contributed by atoms with Gasteiger partial charge >= 0.3 is 0 Å². The number of rotatable bonds is 5. The van der Waals surface area contributed by atoms with Gasteiger partial charge in [0.1, 0.15) is 6.10 Å². The lowest BCUT2D eigenvalue weighted by Gasteiger charge is -2.13. The average Bonchev–Trinajstić information content (AvgIpc) is 3.26. The van der Waals surface area contributed by atoms with Gasteiger partial charge in [0, 0.05) is 11.1 Å². The summed E-state index contributed by atoms with van der Waals surface area (Å²) in [5, 5.41) is 10.3. The highest BCUT2D eigenvalue weighted by Crippen LogP contribution is 2.50. The van der Waals surface area contributed by atoms with E-state index in [9.17, 15) is 9.90 Å². The van der Waals surface area contributed by atoms with Gasteiger partial charge in [-0.2, -0.15) is 0 Å². The number of Topliss-reactive ketones (excluding diaryl/α,β-unsaturated/α-hetero) is 1. The molecule has 0 spiro atoms. The molecule has 1 aliphatic rings. The maximum absolute atomic E-state index is 12.6. The molecule has 0 radical (unpaired) electrons. The monoisotopic (exact) mass is 282 g/mol. The molecular weight excluding hydrogens is 264 g/mol. The van der Waals surface area contributed by atoms with Crippen LogP contribution in [-0.4, -0.2) is 10.9 Å². The summed E-state index contributed by atoms with van der Waals surface area (Å²) in [5.74, 6) is 1.81. The third-order valence-corrected chi connectivity index (χ3v) is 3.64. The first-order chi connectivity index (χ1) is 10.1. The highest BCUT2D eigenvalue weighted by atomic mass is 16.6. The maximum atomic E-state index is 12.6. The molecule has 0 amide bonds. The van der Waals surface area contributed by atoms with E-state index in [-0.39, 0.29) is 5.78 Å². The zero-order valence-electron chi connectivity index (χ0n) is 12.2. The number of ether oxygens (including phenoxy) is 1. The van der Waals surface area contributed by atoms with Gasteiger partial charge in [-0.05, 0) is 30.0 Å². The quantitative estimate of drug-likeness (QED) is 0.570. The summed E-state index contributed by atoms with van der Waals surface area (Å²) in [4.78, 5) is 12.6. The van der Waals surface area contributed by atoms with Gasteiger partial charge in [-0.15, -0.1) is 0 Å². The van der Waals surface area contributed by atoms with E-state index in [2.05, 4.69) is 13.8 Å². The van der Waals surface area contributed by atoms with E-state index in [0.29, 0.717) is 17.0 Å². The number of hydrogen-bond donors (Lipinski definition) is 1. The fourth-order valence-corrected chi connectivity index (χ4v) is 2.56. The van der Waals surface area contributed by atoms with Crippen LogP contribution in [0.5, 0.6) is 11.5 Å². The fourth-order valence-electron chi connectivity index (χ4n) is 2.56. The highest BCUT2D eigenvalue weighted by Gasteiger charge is 2.31. The zero-order valence-corrected chi connectivity index (χ0v) is 12.2. The molecule has 0 bridgehead atoms. The third kappa shape index (κ3) is 2.69. The van der Waals surface area contributed by atoms with E-state index in [1.807, 2.05) is 18.2 Å². The summed E-state index contributed by atoms with van der Waals surface area (Å²) < 4.78 is 5.41. The molecule has 21 heavy (non-hydrogen) atoms. The Morgan fingerprint density at radius 2 is 1.86 bits per heavy atom. The summed E-state index contributed by atoms with van der Waals surface area (Å²) in [6.07, 6.45) is -0.361. The number of ketones is 1. The second-order valence-corrected chi connectivity index (χ2v) is 5.80. The predicted molar refractivity (Wildman–Crippen MR) is 80.8 cm³/mol. The van der Waals surface area contributed by atoms with Crippen molar-refractivity contribution in [3.05, 3.63) is 59.2 Å². The number of hydrogen-bond acceptors (Lipinski definition) is 3. The Kier molecular flexibility index (Phi) is 3.52. The summed E-state index contributed by atoms with van der Waals surface area (Å²) in [6.45, 7) is 4.20. The van der Waals surface area contributed by atoms with E-state index in [1.54, 1.807) is 24.3 Å². The van der Waals surface area contributed by atoms with Crippen molar-refractivity contribution < 1.29 is 14.6 Å². The highest BCUT2D eigenvalue weighted by molar-refractivity contribution is 6.02. The van der Waals surface area contributed by atoms with Gasteiger partial charge in [0.05, 0.1) is 0 Å². The van der Waals surface area contributed by atoms with Gasteiger partial charge in [0.25, 0.3) is 0 Å². The molecule has 1 atom stereocenters. The van der Waals surface area contributed by atoms with Crippen molar-refractivity contribution in [3.8, 4) is 11.5 Å². The van der Waals surface area contributed by atoms with Crippen molar-refractivity contribution in [2.45, 2.75) is 26.4 Å². The molecule has 1 aliphatic heterocycles. The van der Waals surface area contributed by atoms with Crippen molar-refractivity contribution in [1.29, 1.82) is 0 Å². The first-order valence-electron chi connectivity index (χ1n) is 7.19. The van der Waals surface area contributed by atoms with Crippen LogP contribution in [0.2, 0.25) is 0 Å². The van der Waals surface area contributed by atoms with Crippen molar-refractivity contribution in [1.82, 2.24) is 0 Å². The Labute approximate surface area is 124 Å².